The third kappa shape index (κ3) is 5.54. The Labute approximate surface area is 195 Å². The average molecular weight is 453 g/mol. The third-order valence-electron chi connectivity index (χ3n) is 5.63. The minimum absolute atomic E-state index is 0.0784. The van der Waals surface area contributed by atoms with Gasteiger partial charge in [-0.1, -0.05) is 25.5 Å². The van der Waals surface area contributed by atoms with Crippen molar-refractivity contribution in [1.29, 1.82) is 0 Å². The molecule has 2 aromatic carbocycles. The van der Waals surface area contributed by atoms with Gasteiger partial charge in [-0.2, -0.15) is 0 Å². The van der Waals surface area contributed by atoms with Crippen LogP contribution in [0.15, 0.2) is 54.1 Å². The molecule has 7 heteroatoms. The van der Waals surface area contributed by atoms with Crippen molar-refractivity contribution in [1.82, 2.24) is 9.80 Å². The number of hydrogen-bond donors (Lipinski definition) is 1. The fraction of sp³-hybridized carbons (Fsp3) is 0.385. The molecule has 0 radical (unpaired) electrons. The van der Waals surface area contributed by atoms with Gasteiger partial charge in [0.15, 0.2) is 0 Å². The zero-order valence-corrected chi connectivity index (χ0v) is 19.7. The molecule has 1 fully saturated rings. The number of ether oxygens (including phenoxy) is 2. The number of aliphatic hydroxyl groups excluding tert-OH is 1. The van der Waals surface area contributed by atoms with Crippen molar-refractivity contribution < 1.29 is 24.2 Å². The molecular formula is C26H32N2O5. The summed E-state index contributed by atoms with van der Waals surface area (Å²) in [5.41, 5.74) is 1.24. The number of likely N-dealkylation sites (N-methyl/N-ethyl adjacent to an activating group) is 1. The van der Waals surface area contributed by atoms with Crippen LogP contribution in [-0.4, -0.2) is 67.5 Å². The van der Waals surface area contributed by atoms with Crippen LogP contribution >= 0.6 is 0 Å². The molecule has 1 unspecified atom stereocenters. The van der Waals surface area contributed by atoms with Crippen LogP contribution in [0.1, 0.15) is 36.9 Å². The lowest BCUT2D eigenvalue weighted by atomic mass is 9.95. The summed E-state index contributed by atoms with van der Waals surface area (Å²) in [6.45, 7) is 3.62. The van der Waals surface area contributed by atoms with Crippen LogP contribution < -0.4 is 9.47 Å². The Balaban J connectivity index is 2.07. The van der Waals surface area contributed by atoms with E-state index in [1.807, 2.05) is 43.3 Å². The zero-order valence-electron chi connectivity index (χ0n) is 19.7. The zero-order chi connectivity index (χ0) is 24.0. The molecule has 33 heavy (non-hydrogen) atoms. The van der Waals surface area contributed by atoms with E-state index in [-0.39, 0.29) is 11.3 Å². The Kier molecular flexibility index (Phi) is 8.11. The van der Waals surface area contributed by atoms with Gasteiger partial charge in [0.1, 0.15) is 17.3 Å². The van der Waals surface area contributed by atoms with Crippen molar-refractivity contribution in [3.8, 4) is 11.5 Å². The molecule has 0 saturated carbocycles. The van der Waals surface area contributed by atoms with Gasteiger partial charge in [0.05, 0.1) is 25.3 Å². The Morgan fingerprint density at radius 1 is 1.09 bits per heavy atom. The fourth-order valence-electron chi connectivity index (χ4n) is 3.78. The van der Waals surface area contributed by atoms with Gasteiger partial charge in [-0.15, -0.1) is 0 Å². The van der Waals surface area contributed by atoms with Gasteiger partial charge in [0, 0.05) is 18.7 Å². The number of ketones is 1. The highest BCUT2D eigenvalue weighted by Crippen LogP contribution is 2.40. The number of rotatable bonds is 10. The highest BCUT2D eigenvalue weighted by atomic mass is 16.5. The van der Waals surface area contributed by atoms with Crippen molar-refractivity contribution >= 4 is 17.4 Å². The number of hydrogen-bond acceptors (Lipinski definition) is 6. The van der Waals surface area contributed by atoms with Gasteiger partial charge >= 0.3 is 0 Å². The molecule has 1 amide bonds. The summed E-state index contributed by atoms with van der Waals surface area (Å²) in [6.07, 6.45) is 1.95. The van der Waals surface area contributed by atoms with E-state index < -0.39 is 17.7 Å². The van der Waals surface area contributed by atoms with Crippen LogP contribution in [0.4, 0.5) is 0 Å². The summed E-state index contributed by atoms with van der Waals surface area (Å²) >= 11 is 0. The molecule has 1 aliphatic heterocycles. The molecule has 0 aliphatic carbocycles. The van der Waals surface area contributed by atoms with E-state index in [2.05, 4.69) is 6.92 Å². The molecule has 1 N–H and O–H groups in total. The van der Waals surface area contributed by atoms with E-state index in [9.17, 15) is 14.7 Å². The number of carbonyl (C=O) groups excluding carboxylic acids is 2. The highest BCUT2D eigenvalue weighted by Gasteiger charge is 2.46. The number of likely N-dealkylation sites (tertiary alicyclic amines) is 1. The second-order valence-corrected chi connectivity index (χ2v) is 8.30. The summed E-state index contributed by atoms with van der Waals surface area (Å²) in [6, 6.07) is 13.4. The number of methoxy groups -OCH3 is 1. The number of amides is 1. The molecule has 0 aromatic heterocycles. The van der Waals surface area contributed by atoms with Gasteiger partial charge in [0.25, 0.3) is 11.7 Å². The van der Waals surface area contributed by atoms with Crippen molar-refractivity contribution in [2.24, 2.45) is 0 Å². The molecule has 176 valence electrons. The van der Waals surface area contributed by atoms with Gasteiger partial charge in [0.2, 0.25) is 0 Å². The topological polar surface area (TPSA) is 79.3 Å². The van der Waals surface area contributed by atoms with Crippen LogP contribution in [0.25, 0.3) is 5.76 Å². The normalized spacial score (nSPS) is 17.6. The van der Waals surface area contributed by atoms with Crippen LogP contribution in [0.3, 0.4) is 0 Å². The fourth-order valence-corrected chi connectivity index (χ4v) is 3.78. The number of nitrogens with zero attached hydrogens (tertiary/aromatic N) is 2. The number of carbonyl (C=O) groups is 2. The monoisotopic (exact) mass is 452 g/mol. The predicted octanol–water partition coefficient (Wildman–Crippen LogP) is 3.86. The SMILES string of the molecule is CCCCOc1cccc(C2/C(=C(\O)c3ccc(OC)cc3)C(=O)C(=O)N2CCN(C)C)c1. The summed E-state index contributed by atoms with van der Waals surface area (Å²) < 4.78 is 11.0. The summed E-state index contributed by atoms with van der Waals surface area (Å²) in [5.74, 6) is -0.209. The largest absolute Gasteiger partial charge is 0.507 e. The van der Waals surface area contributed by atoms with Crippen LogP contribution in [0.2, 0.25) is 0 Å². The quantitative estimate of drug-likeness (QED) is 0.255. The van der Waals surface area contributed by atoms with E-state index in [0.717, 1.165) is 18.4 Å². The Morgan fingerprint density at radius 2 is 1.82 bits per heavy atom. The molecular weight excluding hydrogens is 420 g/mol. The standard InChI is InChI=1S/C26H32N2O5/c1-5-6-16-33-21-9-7-8-19(17-21)23-22(24(29)18-10-12-20(32-4)13-11-18)25(30)26(31)28(23)15-14-27(2)3/h7-13,17,23,29H,5-6,14-16H2,1-4H3/b24-22+. The second-order valence-electron chi connectivity index (χ2n) is 8.30. The smallest absolute Gasteiger partial charge is 0.295 e. The van der Waals surface area contributed by atoms with Crippen molar-refractivity contribution in [3.05, 3.63) is 65.2 Å². The lowest BCUT2D eigenvalue weighted by Gasteiger charge is -2.27. The maximum Gasteiger partial charge on any atom is 0.295 e. The first-order chi connectivity index (χ1) is 15.9. The summed E-state index contributed by atoms with van der Waals surface area (Å²) in [5, 5.41) is 11.1. The minimum Gasteiger partial charge on any atom is -0.507 e. The molecule has 1 aliphatic rings. The minimum atomic E-state index is -0.707. The van der Waals surface area contributed by atoms with Crippen molar-refractivity contribution in [2.45, 2.75) is 25.8 Å². The highest BCUT2D eigenvalue weighted by molar-refractivity contribution is 6.46. The first-order valence-corrected chi connectivity index (χ1v) is 11.2. The first kappa shape index (κ1) is 24.3. The number of Topliss-reactive ketones (excluding diaryl/α,β-unsaturated/α-hetero) is 1. The van der Waals surface area contributed by atoms with Gasteiger partial charge in [-0.3, -0.25) is 9.59 Å². The van der Waals surface area contributed by atoms with Gasteiger partial charge in [-0.25, -0.2) is 0 Å². The van der Waals surface area contributed by atoms with E-state index in [1.165, 1.54) is 4.90 Å². The van der Waals surface area contributed by atoms with Gasteiger partial charge in [-0.05, 0) is 62.5 Å². The Hall–Kier alpha value is -3.32. The van der Waals surface area contributed by atoms with E-state index in [0.29, 0.717) is 36.8 Å². The second kappa shape index (κ2) is 11.0. The van der Waals surface area contributed by atoms with E-state index >= 15 is 0 Å². The summed E-state index contributed by atoms with van der Waals surface area (Å²) in [4.78, 5) is 29.6. The lowest BCUT2D eigenvalue weighted by Crippen LogP contribution is -2.35. The van der Waals surface area contributed by atoms with Crippen LogP contribution in [-0.2, 0) is 9.59 Å². The van der Waals surface area contributed by atoms with Crippen LogP contribution in [0, 0.1) is 0 Å². The predicted molar refractivity (Wildman–Crippen MR) is 127 cm³/mol. The molecule has 0 spiro atoms. The molecule has 3 rings (SSSR count). The molecule has 1 heterocycles. The number of aliphatic hydroxyl groups is 1. The van der Waals surface area contributed by atoms with Crippen molar-refractivity contribution in [2.75, 3.05) is 40.9 Å². The molecule has 7 nitrogen and oxygen atoms in total. The maximum atomic E-state index is 13.1. The number of unbranched alkanes of at least 4 members (excludes halogenated alkanes) is 1. The maximum absolute atomic E-state index is 13.1. The Morgan fingerprint density at radius 3 is 2.45 bits per heavy atom. The molecule has 1 saturated heterocycles. The van der Waals surface area contributed by atoms with E-state index in [1.54, 1.807) is 31.4 Å². The lowest BCUT2D eigenvalue weighted by molar-refractivity contribution is -0.140. The van der Waals surface area contributed by atoms with E-state index in [4.69, 9.17) is 9.47 Å². The number of benzene rings is 2. The summed E-state index contributed by atoms with van der Waals surface area (Å²) in [7, 11) is 5.37. The average Bonchev–Trinajstić information content (AvgIpc) is 3.07. The molecule has 0 bridgehead atoms. The molecule has 1 atom stereocenters. The van der Waals surface area contributed by atoms with Gasteiger partial charge < -0.3 is 24.4 Å². The van der Waals surface area contributed by atoms with Crippen molar-refractivity contribution in [3.63, 3.8) is 0 Å². The first-order valence-electron chi connectivity index (χ1n) is 11.2. The Bertz CT molecular complexity index is 1010. The third-order valence-corrected chi connectivity index (χ3v) is 5.63. The molecule has 2 aromatic rings. The van der Waals surface area contributed by atoms with Crippen LogP contribution in [0.5, 0.6) is 11.5 Å².